The van der Waals surface area contributed by atoms with Crippen LogP contribution in [0, 0.1) is 0 Å². The molecule has 3 aromatic rings. The third-order valence-electron chi connectivity index (χ3n) is 5.90. The van der Waals surface area contributed by atoms with Gasteiger partial charge in [0.05, 0.1) is 17.1 Å². The molecule has 1 aliphatic heterocycles. The summed E-state index contributed by atoms with van der Waals surface area (Å²) in [4.78, 5) is 22.3. The number of piperazine rings is 1. The molecule has 2 aromatic heterocycles. The maximum atomic E-state index is 12.5. The molecule has 5 rings (SSSR count). The van der Waals surface area contributed by atoms with E-state index in [1.807, 2.05) is 22.8 Å². The van der Waals surface area contributed by atoms with E-state index in [1.54, 1.807) is 0 Å². The minimum absolute atomic E-state index is 0. The van der Waals surface area contributed by atoms with Crippen molar-refractivity contribution < 1.29 is 4.52 Å². The van der Waals surface area contributed by atoms with Crippen LogP contribution < -0.4 is 11.0 Å². The van der Waals surface area contributed by atoms with E-state index < -0.39 is 0 Å². The highest BCUT2D eigenvalue weighted by Gasteiger charge is 2.26. The van der Waals surface area contributed by atoms with Gasteiger partial charge in [-0.25, -0.2) is 4.79 Å². The summed E-state index contributed by atoms with van der Waals surface area (Å²) in [5, 5.41) is 7.55. The summed E-state index contributed by atoms with van der Waals surface area (Å²) in [7, 11) is 2.07. The monoisotopic (exact) mass is 404 g/mol. The summed E-state index contributed by atoms with van der Waals surface area (Å²) >= 11 is 0. The van der Waals surface area contributed by atoms with Crippen LogP contribution in [0.15, 0.2) is 27.5 Å². The SMILES string of the molecule is CN1CCNCC1c1noc(-c2ccc3c(c2)[nH]c(=O)n3C2CCCC2)n1.Cl. The predicted molar refractivity (Wildman–Crippen MR) is 109 cm³/mol. The van der Waals surface area contributed by atoms with Crippen LogP contribution in [0.25, 0.3) is 22.5 Å². The van der Waals surface area contributed by atoms with Gasteiger partial charge < -0.3 is 14.8 Å². The molecule has 2 N–H and O–H groups in total. The molecule has 2 fully saturated rings. The molecular weight excluding hydrogens is 380 g/mol. The van der Waals surface area contributed by atoms with Gasteiger partial charge in [0, 0.05) is 31.2 Å². The summed E-state index contributed by atoms with van der Waals surface area (Å²) in [6, 6.07) is 6.30. The van der Waals surface area contributed by atoms with Crippen LogP contribution in [0.4, 0.5) is 0 Å². The Labute approximate surface area is 168 Å². The highest BCUT2D eigenvalue weighted by Crippen LogP contribution is 2.32. The Morgan fingerprint density at radius 2 is 2.07 bits per heavy atom. The lowest BCUT2D eigenvalue weighted by molar-refractivity contribution is 0.190. The van der Waals surface area contributed by atoms with Gasteiger partial charge in [-0.1, -0.05) is 18.0 Å². The Bertz CT molecular complexity index is 1020. The standard InChI is InChI=1S/C19H24N6O2.ClH/c1-24-9-8-20-11-16(24)17-22-18(27-23-17)12-6-7-15-14(10-12)21-19(26)25(15)13-4-2-3-5-13;/h6-7,10,13,16,20H,2-5,8-9,11H2,1H3,(H,21,26);1H. The van der Waals surface area contributed by atoms with Gasteiger partial charge in [-0.15, -0.1) is 12.4 Å². The van der Waals surface area contributed by atoms with Crippen LogP contribution in [-0.4, -0.2) is 51.3 Å². The quantitative estimate of drug-likeness (QED) is 0.696. The lowest BCUT2D eigenvalue weighted by Gasteiger charge is -2.30. The molecule has 1 unspecified atom stereocenters. The second-order valence-corrected chi connectivity index (χ2v) is 7.63. The van der Waals surface area contributed by atoms with Crippen molar-refractivity contribution in [1.82, 2.24) is 29.9 Å². The number of H-pyrrole nitrogens is 1. The van der Waals surface area contributed by atoms with E-state index in [0.717, 1.165) is 49.1 Å². The maximum Gasteiger partial charge on any atom is 0.326 e. The molecule has 1 aliphatic carbocycles. The number of benzene rings is 1. The molecule has 0 radical (unpaired) electrons. The van der Waals surface area contributed by atoms with Crippen LogP contribution in [-0.2, 0) is 0 Å². The Hall–Kier alpha value is -2.16. The highest BCUT2D eigenvalue weighted by molar-refractivity contribution is 5.85. The minimum atomic E-state index is -0.0322. The Balaban J connectivity index is 0.00000192. The van der Waals surface area contributed by atoms with Crippen LogP contribution in [0.5, 0.6) is 0 Å². The number of hydrogen-bond acceptors (Lipinski definition) is 6. The topological polar surface area (TPSA) is 92.0 Å². The fraction of sp³-hybridized carbons (Fsp3) is 0.526. The zero-order valence-corrected chi connectivity index (χ0v) is 16.7. The zero-order valence-electron chi connectivity index (χ0n) is 15.9. The fourth-order valence-electron chi connectivity index (χ4n) is 4.37. The number of nitrogens with one attached hydrogen (secondary N) is 2. The van der Waals surface area contributed by atoms with Gasteiger partial charge in [0.1, 0.15) is 0 Å². The molecule has 1 saturated heterocycles. The largest absolute Gasteiger partial charge is 0.334 e. The lowest BCUT2D eigenvalue weighted by atomic mass is 10.1. The van der Waals surface area contributed by atoms with Crippen molar-refractivity contribution in [3.63, 3.8) is 0 Å². The van der Waals surface area contributed by atoms with E-state index in [2.05, 4.69) is 32.4 Å². The van der Waals surface area contributed by atoms with Crippen molar-refractivity contribution in [3.8, 4) is 11.5 Å². The molecular formula is C19H25ClN6O2. The van der Waals surface area contributed by atoms with Gasteiger partial charge in [-0.2, -0.15) is 4.98 Å². The summed E-state index contributed by atoms with van der Waals surface area (Å²) in [6.45, 7) is 2.74. The molecule has 0 spiro atoms. The average Bonchev–Trinajstić information content (AvgIpc) is 3.40. The summed E-state index contributed by atoms with van der Waals surface area (Å²) < 4.78 is 7.43. The van der Waals surface area contributed by atoms with Crippen molar-refractivity contribution in [2.75, 3.05) is 26.7 Å². The van der Waals surface area contributed by atoms with Gasteiger partial charge in [0.25, 0.3) is 5.89 Å². The second-order valence-electron chi connectivity index (χ2n) is 7.63. The lowest BCUT2D eigenvalue weighted by Crippen LogP contribution is -2.44. The number of rotatable bonds is 3. The number of fused-ring (bicyclic) bond motifs is 1. The van der Waals surface area contributed by atoms with E-state index in [0.29, 0.717) is 17.8 Å². The highest BCUT2D eigenvalue weighted by atomic mass is 35.5. The molecule has 0 amide bonds. The summed E-state index contributed by atoms with van der Waals surface area (Å²) in [6.07, 6.45) is 4.53. The van der Waals surface area contributed by atoms with Crippen LogP contribution in [0.2, 0.25) is 0 Å². The number of hydrogen-bond donors (Lipinski definition) is 2. The molecule has 9 heteroatoms. The Morgan fingerprint density at radius 1 is 1.25 bits per heavy atom. The van der Waals surface area contributed by atoms with Crippen LogP contribution >= 0.6 is 12.4 Å². The molecule has 2 aliphatic rings. The molecule has 8 nitrogen and oxygen atoms in total. The first-order valence-electron chi connectivity index (χ1n) is 9.70. The molecule has 1 saturated carbocycles. The molecule has 28 heavy (non-hydrogen) atoms. The number of aromatic nitrogens is 4. The van der Waals surface area contributed by atoms with Crippen LogP contribution in [0.1, 0.15) is 43.6 Å². The normalized spacial score (nSPS) is 21.2. The van der Waals surface area contributed by atoms with Crippen molar-refractivity contribution in [2.24, 2.45) is 0 Å². The number of halogens is 1. The number of imidazole rings is 1. The molecule has 150 valence electrons. The Kier molecular flexibility index (Phi) is 5.27. The van der Waals surface area contributed by atoms with Gasteiger partial charge in [0.15, 0.2) is 5.82 Å². The number of aromatic amines is 1. The van der Waals surface area contributed by atoms with Crippen molar-refractivity contribution in [2.45, 2.75) is 37.8 Å². The van der Waals surface area contributed by atoms with Gasteiger partial charge in [-0.05, 0) is 38.1 Å². The van der Waals surface area contributed by atoms with Crippen molar-refractivity contribution >= 4 is 23.4 Å². The van der Waals surface area contributed by atoms with Crippen LogP contribution in [0.3, 0.4) is 0 Å². The first-order chi connectivity index (χ1) is 13.2. The smallest absolute Gasteiger partial charge is 0.326 e. The minimum Gasteiger partial charge on any atom is -0.334 e. The number of nitrogens with zero attached hydrogens (tertiary/aromatic N) is 4. The van der Waals surface area contributed by atoms with E-state index >= 15 is 0 Å². The third kappa shape index (κ3) is 3.25. The van der Waals surface area contributed by atoms with E-state index in [9.17, 15) is 4.79 Å². The zero-order chi connectivity index (χ0) is 18.4. The number of likely N-dealkylation sites (N-methyl/N-ethyl adjacent to an activating group) is 1. The van der Waals surface area contributed by atoms with Gasteiger partial charge in [-0.3, -0.25) is 9.47 Å². The van der Waals surface area contributed by atoms with E-state index in [-0.39, 0.29) is 24.1 Å². The molecule has 3 heterocycles. The first kappa shape index (κ1) is 19.2. The average molecular weight is 405 g/mol. The van der Waals surface area contributed by atoms with Crippen molar-refractivity contribution in [1.29, 1.82) is 0 Å². The van der Waals surface area contributed by atoms with Gasteiger partial charge in [0.2, 0.25) is 0 Å². The fourth-order valence-corrected chi connectivity index (χ4v) is 4.37. The molecule has 0 bridgehead atoms. The summed E-state index contributed by atoms with van der Waals surface area (Å²) in [5.41, 5.74) is 2.56. The maximum absolute atomic E-state index is 12.5. The Morgan fingerprint density at radius 3 is 2.86 bits per heavy atom. The first-order valence-corrected chi connectivity index (χ1v) is 9.70. The van der Waals surface area contributed by atoms with E-state index in [1.165, 1.54) is 12.8 Å². The summed E-state index contributed by atoms with van der Waals surface area (Å²) in [5.74, 6) is 1.18. The second kappa shape index (κ2) is 7.69. The third-order valence-corrected chi connectivity index (χ3v) is 5.90. The van der Waals surface area contributed by atoms with Gasteiger partial charge >= 0.3 is 5.69 Å². The molecule has 1 aromatic carbocycles. The van der Waals surface area contributed by atoms with E-state index in [4.69, 9.17) is 4.52 Å². The predicted octanol–water partition coefficient (Wildman–Crippen LogP) is 2.49. The molecule has 1 atom stereocenters. The van der Waals surface area contributed by atoms with Crippen molar-refractivity contribution in [3.05, 3.63) is 34.5 Å².